The van der Waals surface area contributed by atoms with Crippen molar-refractivity contribution in [3.63, 3.8) is 0 Å². The molecule has 1 aliphatic heterocycles. The summed E-state index contributed by atoms with van der Waals surface area (Å²) >= 11 is 0. The maximum atomic E-state index is 12.4. The summed E-state index contributed by atoms with van der Waals surface area (Å²) < 4.78 is 23.2. The van der Waals surface area contributed by atoms with Gasteiger partial charge >= 0.3 is 0 Å². The minimum absolute atomic E-state index is 0.00678. The van der Waals surface area contributed by atoms with E-state index in [9.17, 15) is 13.2 Å². The molecular weight excluding hydrogens is 302 g/mol. The molecule has 2 aromatic rings. The highest BCUT2D eigenvalue weighted by atomic mass is 32.2. The standard InChI is InChI=1S/C15H17N3O3S/c1-15(5-6-22(20,21)10-15)18-14(19)12-4-2-3-11(7-12)13-8-16-17-9-13/h2-4,7-9H,5-6,10H2,1H3,(H,16,17)(H,18,19)/t15-/m0/s1. The van der Waals surface area contributed by atoms with Gasteiger partial charge in [0.05, 0.1) is 23.2 Å². The second kappa shape index (κ2) is 5.24. The average molecular weight is 319 g/mol. The molecule has 1 aromatic carbocycles. The molecule has 2 heterocycles. The summed E-state index contributed by atoms with van der Waals surface area (Å²) in [7, 11) is -3.05. The third-order valence-electron chi connectivity index (χ3n) is 3.87. The number of aromatic amines is 1. The molecule has 0 radical (unpaired) electrons. The van der Waals surface area contributed by atoms with E-state index in [1.165, 1.54) is 0 Å². The Bertz CT molecular complexity index is 799. The molecule has 0 unspecified atom stereocenters. The van der Waals surface area contributed by atoms with Gasteiger partial charge in [0.15, 0.2) is 9.84 Å². The molecule has 6 nitrogen and oxygen atoms in total. The van der Waals surface area contributed by atoms with Crippen molar-refractivity contribution in [2.24, 2.45) is 0 Å². The van der Waals surface area contributed by atoms with Crippen molar-refractivity contribution in [1.82, 2.24) is 15.5 Å². The molecule has 22 heavy (non-hydrogen) atoms. The third kappa shape index (κ3) is 3.04. The van der Waals surface area contributed by atoms with Crippen molar-refractivity contribution < 1.29 is 13.2 Å². The van der Waals surface area contributed by atoms with Gasteiger partial charge in [-0.2, -0.15) is 5.10 Å². The Morgan fingerprint density at radius 3 is 2.82 bits per heavy atom. The molecule has 1 aliphatic rings. The number of nitrogens with zero attached hydrogens (tertiary/aromatic N) is 1. The summed E-state index contributed by atoms with van der Waals surface area (Å²) in [6.45, 7) is 1.77. The molecule has 1 fully saturated rings. The number of amides is 1. The second-order valence-electron chi connectivity index (χ2n) is 5.92. The van der Waals surface area contributed by atoms with Crippen LogP contribution in [0.15, 0.2) is 36.7 Å². The minimum Gasteiger partial charge on any atom is -0.346 e. The molecule has 0 saturated carbocycles. The monoisotopic (exact) mass is 319 g/mol. The van der Waals surface area contributed by atoms with Gasteiger partial charge in [0, 0.05) is 17.3 Å². The van der Waals surface area contributed by atoms with Crippen molar-refractivity contribution >= 4 is 15.7 Å². The van der Waals surface area contributed by atoms with Crippen LogP contribution in [0.3, 0.4) is 0 Å². The van der Waals surface area contributed by atoms with Crippen LogP contribution in [0.4, 0.5) is 0 Å². The van der Waals surface area contributed by atoms with Crippen LogP contribution in [0.5, 0.6) is 0 Å². The van der Waals surface area contributed by atoms with E-state index in [4.69, 9.17) is 0 Å². The third-order valence-corrected chi connectivity index (χ3v) is 5.78. The first-order chi connectivity index (χ1) is 10.4. The van der Waals surface area contributed by atoms with Gasteiger partial charge in [-0.3, -0.25) is 9.89 Å². The van der Waals surface area contributed by atoms with E-state index in [0.717, 1.165) is 11.1 Å². The number of hydrogen-bond acceptors (Lipinski definition) is 4. The number of carbonyl (C=O) groups is 1. The van der Waals surface area contributed by atoms with E-state index in [0.29, 0.717) is 12.0 Å². The Balaban J connectivity index is 1.80. The Labute approximate surface area is 128 Å². The zero-order valence-electron chi connectivity index (χ0n) is 12.2. The van der Waals surface area contributed by atoms with Crippen LogP contribution in [0, 0.1) is 0 Å². The fourth-order valence-electron chi connectivity index (χ4n) is 2.70. The largest absolute Gasteiger partial charge is 0.346 e. The molecule has 0 spiro atoms. The van der Waals surface area contributed by atoms with Crippen LogP contribution in [-0.4, -0.2) is 41.6 Å². The highest BCUT2D eigenvalue weighted by Crippen LogP contribution is 2.24. The summed E-state index contributed by atoms with van der Waals surface area (Å²) in [6.07, 6.45) is 3.88. The van der Waals surface area contributed by atoms with Crippen LogP contribution in [0.1, 0.15) is 23.7 Å². The lowest BCUT2D eigenvalue weighted by atomic mass is 10.0. The van der Waals surface area contributed by atoms with Crippen molar-refractivity contribution in [2.75, 3.05) is 11.5 Å². The smallest absolute Gasteiger partial charge is 0.251 e. The number of sulfone groups is 1. The maximum absolute atomic E-state index is 12.4. The Kier molecular flexibility index (Phi) is 3.52. The van der Waals surface area contributed by atoms with Gasteiger partial charge in [-0.05, 0) is 31.0 Å². The Morgan fingerprint density at radius 1 is 1.36 bits per heavy atom. The van der Waals surface area contributed by atoms with E-state index in [-0.39, 0.29) is 17.4 Å². The van der Waals surface area contributed by atoms with Gasteiger partial charge in [-0.25, -0.2) is 8.42 Å². The molecule has 1 atom stereocenters. The predicted octanol–water partition coefficient (Wildman–Crippen LogP) is 1.38. The van der Waals surface area contributed by atoms with Crippen molar-refractivity contribution in [3.8, 4) is 11.1 Å². The zero-order valence-corrected chi connectivity index (χ0v) is 13.0. The molecule has 116 valence electrons. The van der Waals surface area contributed by atoms with Crippen molar-refractivity contribution in [1.29, 1.82) is 0 Å². The van der Waals surface area contributed by atoms with Crippen LogP contribution < -0.4 is 5.32 Å². The summed E-state index contributed by atoms with van der Waals surface area (Å²) in [5.41, 5.74) is 1.58. The number of H-pyrrole nitrogens is 1. The molecule has 2 N–H and O–H groups in total. The Hall–Kier alpha value is -2.15. The summed E-state index contributed by atoms with van der Waals surface area (Å²) in [5, 5.41) is 9.48. The number of carbonyl (C=O) groups excluding carboxylic acids is 1. The van der Waals surface area contributed by atoms with E-state index in [1.807, 2.05) is 6.07 Å². The Morgan fingerprint density at radius 2 is 2.18 bits per heavy atom. The lowest BCUT2D eigenvalue weighted by molar-refractivity contribution is 0.0915. The molecule has 7 heteroatoms. The molecule has 0 aliphatic carbocycles. The van der Waals surface area contributed by atoms with Gasteiger partial charge in [-0.15, -0.1) is 0 Å². The zero-order chi connectivity index (χ0) is 15.8. The number of rotatable bonds is 3. The second-order valence-corrected chi connectivity index (χ2v) is 8.11. The summed E-state index contributed by atoms with van der Waals surface area (Å²) in [6, 6.07) is 7.17. The van der Waals surface area contributed by atoms with Gasteiger partial charge in [0.2, 0.25) is 0 Å². The van der Waals surface area contributed by atoms with Crippen molar-refractivity contribution in [3.05, 3.63) is 42.2 Å². The van der Waals surface area contributed by atoms with Gasteiger partial charge < -0.3 is 5.32 Å². The van der Waals surface area contributed by atoms with Crippen LogP contribution in [0.2, 0.25) is 0 Å². The first-order valence-electron chi connectivity index (χ1n) is 6.99. The number of benzene rings is 1. The minimum atomic E-state index is -3.05. The van der Waals surface area contributed by atoms with E-state index >= 15 is 0 Å². The lowest BCUT2D eigenvalue weighted by Gasteiger charge is -2.24. The van der Waals surface area contributed by atoms with E-state index in [1.54, 1.807) is 37.5 Å². The molecule has 1 aromatic heterocycles. The topological polar surface area (TPSA) is 91.9 Å². The first kappa shape index (κ1) is 14.8. The molecule has 1 saturated heterocycles. The number of aromatic nitrogens is 2. The molecule has 3 rings (SSSR count). The average Bonchev–Trinajstić information content (AvgIpc) is 3.07. The van der Waals surface area contributed by atoms with Crippen LogP contribution in [0.25, 0.3) is 11.1 Å². The normalized spacial score (nSPS) is 23.3. The van der Waals surface area contributed by atoms with E-state index in [2.05, 4.69) is 15.5 Å². The lowest BCUT2D eigenvalue weighted by Crippen LogP contribution is -2.46. The van der Waals surface area contributed by atoms with Gasteiger partial charge in [0.25, 0.3) is 5.91 Å². The van der Waals surface area contributed by atoms with Crippen LogP contribution in [-0.2, 0) is 9.84 Å². The quantitative estimate of drug-likeness (QED) is 0.894. The van der Waals surface area contributed by atoms with Crippen LogP contribution >= 0.6 is 0 Å². The maximum Gasteiger partial charge on any atom is 0.251 e. The number of nitrogens with one attached hydrogen (secondary N) is 2. The molecule has 0 bridgehead atoms. The van der Waals surface area contributed by atoms with Gasteiger partial charge in [-0.1, -0.05) is 12.1 Å². The summed E-state index contributed by atoms with van der Waals surface area (Å²) in [5.74, 6) is -0.142. The highest BCUT2D eigenvalue weighted by Gasteiger charge is 2.39. The number of hydrogen-bond donors (Lipinski definition) is 2. The van der Waals surface area contributed by atoms with E-state index < -0.39 is 15.4 Å². The first-order valence-corrected chi connectivity index (χ1v) is 8.81. The fraction of sp³-hybridized carbons (Fsp3) is 0.333. The fourth-order valence-corrected chi connectivity index (χ4v) is 4.80. The van der Waals surface area contributed by atoms with Gasteiger partial charge in [0.1, 0.15) is 0 Å². The summed E-state index contributed by atoms with van der Waals surface area (Å²) in [4.78, 5) is 12.4. The highest BCUT2D eigenvalue weighted by molar-refractivity contribution is 7.91. The SMILES string of the molecule is C[C@]1(NC(=O)c2cccc(-c3cn[nH]c3)c2)CCS(=O)(=O)C1. The molecular formula is C15H17N3O3S. The predicted molar refractivity (Wildman–Crippen MR) is 83.2 cm³/mol. The molecule has 1 amide bonds. The van der Waals surface area contributed by atoms with Crippen molar-refractivity contribution in [2.45, 2.75) is 18.9 Å².